The van der Waals surface area contributed by atoms with Crippen LogP contribution >= 0.6 is 11.8 Å². The molecule has 2 aromatic rings. The summed E-state index contributed by atoms with van der Waals surface area (Å²) in [4.78, 5) is 24.1. The van der Waals surface area contributed by atoms with E-state index in [1.54, 1.807) is 0 Å². The number of nitrogens with zero attached hydrogens (tertiary/aromatic N) is 2. The fourth-order valence-corrected chi connectivity index (χ4v) is 3.92. The molecule has 4 rings (SSSR count). The van der Waals surface area contributed by atoms with Gasteiger partial charge in [0.15, 0.2) is 16.7 Å². The third-order valence-electron chi connectivity index (χ3n) is 4.56. The molecular formula is C18H22N4O5S. The second-order valence-electron chi connectivity index (χ2n) is 6.65. The molecule has 1 saturated heterocycles. The quantitative estimate of drug-likeness (QED) is 0.655. The zero-order valence-electron chi connectivity index (χ0n) is 15.3. The molecule has 0 bridgehead atoms. The molecule has 1 amide bonds. The van der Waals surface area contributed by atoms with Gasteiger partial charge in [-0.25, -0.2) is 9.89 Å². The van der Waals surface area contributed by atoms with Crippen molar-refractivity contribution < 1.29 is 19.0 Å². The van der Waals surface area contributed by atoms with Crippen LogP contribution < -0.4 is 20.5 Å². The van der Waals surface area contributed by atoms with Crippen molar-refractivity contribution in [2.24, 2.45) is 0 Å². The Labute approximate surface area is 165 Å². The van der Waals surface area contributed by atoms with Gasteiger partial charge in [-0.3, -0.25) is 9.36 Å². The number of amides is 1. The van der Waals surface area contributed by atoms with Crippen LogP contribution in [0.5, 0.6) is 11.5 Å². The van der Waals surface area contributed by atoms with Crippen LogP contribution in [0, 0.1) is 0 Å². The number of ether oxygens (including phenoxy) is 3. The third kappa shape index (κ3) is 4.50. The van der Waals surface area contributed by atoms with Gasteiger partial charge in [0.1, 0.15) is 12.7 Å². The van der Waals surface area contributed by atoms with Gasteiger partial charge < -0.3 is 19.5 Å². The Kier molecular flexibility index (Phi) is 5.87. The number of rotatable bonds is 7. The molecule has 9 nitrogen and oxygen atoms in total. The zero-order valence-corrected chi connectivity index (χ0v) is 16.1. The van der Waals surface area contributed by atoms with Gasteiger partial charge in [-0.1, -0.05) is 23.9 Å². The number of fused-ring (bicyclic) bond motifs is 1. The highest BCUT2D eigenvalue weighted by molar-refractivity contribution is 7.99. The molecule has 0 radical (unpaired) electrons. The molecule has 0 saturated carbocycles. The molecule has 2 aliphatic rings. The van der Waals surface area contributed by atoms with Crippen LogP contribution in [0.3, 0.4) is 0 Å². The SMILES string of the molecule is O=C(CSc1n[nH]c(=O)n1CC1CCCO1)NCC1COc2ccccc2O1. The van der Waals surface area contributed by atoms with E-state index in [0.29, 0.717) is 36.4 Å². The first-order valence-electron chi connectivity index (χ1n) is 9.24. The van der Waals surface area contributed by atoms with Crippen molar-refractivity contribution in [2.75, 3.05) is 25.5 Å². The summed E-state index contributed by atoms with van der Waals surface area (Å²) in [5, 5.41) is 9.78. The van der Waals surface area contributed by atoms with Crippen molar-refractivity contribution in [3.63, 3.8) is 0 Å². The maximum Gasteiger partial charge on any atom is 0.344 e. The Balaban J connectivity index is 1.25. The molecule has 150 valence electrons. The number of aromatic amines is 1. The van der Waals surface area contributed by atoms with Crippen molar-refractivity contribution in [3.8, 4) is 11.5 Å². The number of carbonyl (C=O) groups is 1. The number of hydrogen-bond donors (Lipinski definition) is 2. The number of H-pyrrole nitrogens is 1. The number of nitrogens with one attached hydrogen (secondary N) is 2. The standard InChI is InChI=1S/C18H22N4O5S/c23-16(19-8-13-10-26-14-5-1-2-6-15(14)27-13)11-28-18-21-20-17(24)22(18)9-12-4-3-7-25-12/h1-2,5-6,12-13H,3-4,7-11H2,(H,19,23)(H,20,24). The van der Waals surface area contributed by atoms with E-state index >= 15 is 0 Å². The fourth-order valence-electron chi connectivity index (χ4n) is 3.14. The van der Waals surface area contributed by atoms with Crippen molar-refractivity contribution in [3.05, 3.63) is 34.7 Å². The van der Waals surface area contributed by atoms with Gasteiger partial charge in [0.2, 0.25) is 5.91 Å². The lowest BCUT2D eigenvalue weighted by Crippen LogP contribution is -2.41. The van der Waals surface area contributed by atoms with Crippen molar-refractivity contribution in [1.82, 2.24) is 20.1 Å². The molecule has 2 aliphatic heterocycles. The maximum absolute atomic E-state index is 12.2. The molecule has 1 aromatic heterocycles. The van der Waals surface area contributed by atoms with Gasteiger partial charge in [0, 0.05) is 6.61 Å². The molecule has 2 atom stereocenters. The molecule has 0 aliphatic carbocycles. The van der Waals surface area contributed by atoms with Gasteiger partial charge in [-0.2, -0.15) is 0 Å². The van der Waals surface area contributed by atoms with Crippen LogP contribution in [0.2, 0.25) is 0 Å². The van der Waals surface area contributed by atoms with Gasteiger partial charge >= 0.3 is 5.69 Å². The summed E-state index contributed by atoms with van der Waals surface area (Å²) in [6.07, 6.45) is 1.70. The van der Waals surface area contributed by atoms with Crippen LogP contribution in [0.4, 0.5) is 0 Å². The summed E-state index contributed by atoms with van der Waals surface area (Å²) in [5.41, 5.74) is -0.287. The molecular weight excluding hydrogens is 384 g/mol. The summed E-state index contributed by atoms with van der Waals surface area (Å²) in [5.74, 6) is 1.38. The Morgan fingerprint density at radius 1 is 1.32 bits per heavy atom. The first-order chi connectivity index (χ1) is 13.7. The van der Waals surface area contributed by atoms with E-state index in [1.165, 1.54) is 16.3 Å². The first-order valence-corrected chi connectivity index (χ1v) is 10.2. The Morgan fingerprint density at radius 3 is 3.00 bits per heavy atom. The average Bonchev–Trinajstić information content (AvgIpc) is 3.35. The van der Waals surface area contributed by atoms with E-state index in [0.717, 1.165) is 19.4 Å². The van der Waals surface area contributed by atoms with Gasteiger partial charge in [-0.05, 0) is 25.0 Å². The normalized spacial score (nSPS) is 20.9. The summed E-state index contributed by atoms with van der Waals surface area (Å²) in [7, 11) is 0. The zero-order chi connectivity index (χ0) is 19.3. The van der Waals surface area contributed by atoms with Crippen molar-refractivity contribution in [2.45, 2.75) is 36.8 Å². The number of carbonyl (C=O) groups excluding carboxylic acids is 1. The summed E-state index contributed by atoms with van der Waals surface area (Å²) in [6.45, 7) is 1.90. The third-order valence-corrected chi connectivity index (χ3v) is 5.54. The second-order valence-corrected chi connectivity index (χ2v) is 7.59. The number of thioether (sulfide) groups is 1. The Morgan fingerprint density at radius 2 is 2.18 bits per heavy atom. The first kappa shape index (κ1) is 18.9. The van der Waals surface area contributed by atoms with E-state index in [1.807, 2.05) is 24.3 Å². The highest BCUT2D eigenvalue weighted by Crippen LogP contribution is 2.30. The molecule has 2 N–H and O–H groups in total. The number of benzene rings is 1. The molecule has 3 heterocycles. The monoisotopic (exact) mass is 406 g/mol. The molecule has 0 spiro atoms. The lowest BCUT2D eigenvalue weighted by molar-refractivity contribution is -0.119. The minimum atomic E-state index is -0.287. The highest BCUT2D eigenvalue weighted by atomic mass is 32.2. The van der Waals surface area contributed by atoms with Crippen LogP contribution in [-0.2, 0) is 16.1 Å². The number of hydrogen-bond acceptors (Lipinski definition) is 7. The van der Waals surface area contributed by atoms with Crippen LogP contribution in [0.25, 0.3) is 0 Å². The topological polar surface area (TPSA) is 107 Å². The predicted octanol–water partition coefficient (Wildman–Crippen LogP) is 0.799. The number of aromatic nitrogens is 3. The van der Waals surface area contributed by atoms with Gasteiger partial charge in [0.05, 0.1) is 24.9 Å². The van der Waals surface area contributed by atoms with Crippen LogP contribution in [0.1, 0.15) is 12.8 Å². The minimum absolute atomic E-state index is 0.0230. The van der Waals surface area contributed by atoms with Crippen molar-refractivity contribution in [1.29, 1.82) is 0 Å². The van der Waals surface area contributed by atoms with Gasteiger partial charge in [-0.15, -0.1) is 5.10 Å². The second kappa shape index (κ2) is 8.70. The average molecular weight is 406 g/mol. The Bertz CT molecular complexity index is 877. The van der Waals surface area contributed by atoms with E-state index in [9.17, 15) is 9.59 Å². The summed E-state index contributed by atoms with van der Waals surface area (Å²) < 4.78 is 18.6. The predicted molar refractivity (Wildman–Crippen MR) is 102 cm³/mol. The van der Waals surface area contributed by atoms with E-state index in [-0.39, 0.29) is 29.6 Å². The number of para-hydroxylation sites is 2. The molecule has 10 heteroatoms. The van der Waals surface area contributed by atoms with E-state index in [2.05, 4.69) is 15.5 Å². The lowest BCUT2D eigenvalue weighted by atomic mass is 10.2. The lowest BCUT2D eigenvalue weighted by Gasteiger charge is -2.26. The molecule has 2 unspecified atom stereocenters. The fraction of sp³-hybridized carbons (Fsp3) is 0.500. The smallest absolute Gasteiger partial charge is 0.344 e. The van der Waals surface area contributed by atoms with Crippen LogP contribution in [0.15, 0.2) is 34.2 Å². The maximum atomic E-state index is 12.2. The highest BCUT2D eigenvalue weighted by Gasteiger charge is 2.22. The molecule has 1 fully saturated rings. The van der Waals surface area contributed by atoms with E-state index < -0.39 is 0 Å². The minimum Gasteiger partial charge on any atom is -0.486 e. The van der Waals surface area contributed by atoms with Crippen LogP contribution in [-0.4, -0.2) is 58.4 Å². The van der Waals surface area contributed by atoms with Crippen molar-refractivity contribution >= 4 is 17.7 Å². The molecule has 28 heavy (non-hydrogen) atoms. The van der Waals surface area contributed by atoms with E-state index in [4.69, 9.17) is 14.2 Å². The molecule has 1 aromatic carbocycles. The summed E-state index contributed by atoms with van der Waals surface area (Å²) >= 11 is 1.22. The Hall–Kier alpha value is -2.46. The van der Waals surface area contributed by atoms with Gasteiger partial charge in [0.25, 0.3) is 0 Å². The summed E-state index contributed by atoms with van der Waals surface area (Å²) in [6, 6.07) is 7.44. The largest absolute Gasteiger partial charge is 0.486 e.